The standard InChI is InChI=1S/C48H76O21/c1-19(16-49)21-7-12-48(14-13-45(4)22(28(21)48)15-23(51)38-44(3)10-9-27(52)47(6,42(61)62)26(44)8-11-46(38,45)5)43(63)69-41-35(59)32(56)30(54)25(67-41)18-64-39-36(60)33(57)37(24(17-50)66-39)68-40-34(58)31(55)29(53)20(2)65-40/h20-41,49-60H,1,7-18H2,2-6H3,(H,61,62)/t20-,21-,22+,23+,24-,25-,26+,27+,28+,29-,30-,31+,32+,33-,34+,35-,36-,37-,38+,39-,40+,41+,44-,45+,46+,47-,48-/m0/s1. The normalized spacial score (nSPS) is 55.1. The summed E-state index contributed by atoms with van der Waals surface area (Å²) >= 11 is 0. The Hall–Kier alpha value is -2.00. The van der Waals surface area contributed by atoms with Crippen molar-refractivity contribution in [3.8, 4) is 0 Å². The molecule has 0 bridgehead atoms. The molecule has 8 aliphatic rings. The van der Waals surface area contributed by atoms with Crippen LogP contribution in [0.1, 0.15) is 92.4 Å². The first-order valence-electron chi connectivity index (χ1n) is 24.7. The molecule has 0 amide bonds. The second-order valence-electron chi connectivity index (χ2n) is 22.8. The van der Waals surface area contributed by atoms with E-state index in [-0.39, 0.29) is 37.2 Å². The van der Waals surface area contributed by atoms with Gasteiger partial charge in [0.1, 0.15) is 67.1 Å². The Morgan fingerprint density at radius 3 is 1.97 bits per heavy atom. The molecule has 69 heavy (non-hydrogen) atoms. The largest absolute Gasteiger partial charge is 0.481 e. The lowest BCUT2D eigenvalue weighted by Gasteiger charge is -2.73. The summed E-state index contributed by atoms with van der Waals surface area (Å²) in [6.45, 7) is 11.9. The highest BCUT2D eigenvalue weighted by Crippen LogP contribution is 2.77. The molecule has 0 aromatic heterocycles. The molecule has 5 saturated carbocycles. The molecule has 0 radical (unpaired) electrons. The third kappa shape index (κ3) is 8.07. The van der Waals surface area contributed by atoms with Crippen molar-refractivity contribution in [2.75, 3.05) is 19.8 Å². The molecule has 21 nitrogen and oxygen atoms in total. The van der Waals surface area contributed by atoms with Gasteiger partial charge in [0.05, 0.1) is 49.0 Å². The molecule has 8 rings (SSSR count). The number of aliphatic hydroxyl groups excluding tert-OH is 12. The van der Waals surface area contributed by atoms with Crippen LogP contribution in [0, 0.1) is 56.7 Å². The van der Waals surface area contributed by atoms with Gasteiger partial charge >= 0.3 is 11.9 Å². The first-order valence-corrected chi connectivity index (χ1v) is 24.7. The molecule has 0 spiro atoms. The van der Waals surface area contributed by atoms with Gasteiger partial charge in [0.2, 0.25) is 6.29 Å². The smallest absolute Gasteiger partial charge is 0.314 e. The van der Waals surface area contributed by atoms with Crippen LogP contribution in [0.5, 0.6) is 0 Å². The van der Waals surface area contributed by atoms with Crippen LogP contribution in [0.4, 0.5) is 0 Å². The number of ether oxygens (including phenoxy) is 6. The van der Waals surface area contributed by atoms with E-state index in [1.165, 1.54) is 6.92 Å². The topological polar surface area (TPSA) is 353 Å². The Morgan fingerprint density at radius 2 is 1.32 bits per heavy atom. The lowest BCUT2D eigenvalue weighted by molar-refractivity contribution is -0.361. The Labute approximate surface area is 400 Å². The molecule has 27 atom stereocenters. The second kappa shape index (κ2) is 19.0. The summed E-state index contributed by atoms with van der Waals surface area (Å²) in [4.78, 5) is 27.9. The van der Waals surface area contributed by atoms with Crippen LogP contribution in [0.15, 0.2) is 12.2 Å². The molecule has 8 fully saturated rings. The molecule has 0 unspecified atom stereocenters. The molecule has 394 valence electrons. The SMILES string of the molecule is C=C(CO)[C@@H]1CC[C@]2(C(=O)O[C@H]3O[C@@H](CO[C@H]4O[C@@H](CO)[C@H](O[C@H]5O[C@@H](C)[C@H](O)[C@@H](O)[C@H]5O)[C@@H](O)[C@@H]4O)[C@H](O)[C@@H](O)[C@@H]3O)CC[C@]3(C)[C@H](C[C@@H](O)[C@@H]4[C@@]5(C)CC[C@@H](O)[C@@](C)(C(=O)O)[C@@H]5CC[C@]43C)[C@@H]12. The van der Waals surface area contributed by atoms with Crippen LogP contribution in [-0.4, -0.2) is 202 Å². The van der Waals surface area contributed by atoms with Crippen LogP contribution in [0.2, 0.25) is 0 Å². The molecular formula is C48H76O21. The number of carboxylic acid groups (broad SMARTS) is 1. The van der Waals surface area contributed by atoms with Crippen LogP contribution in [-0.2, 0) is 38.0 Å². The van der Waals surface area contributed by atoms with Crippen molar-refractivity contribution in [2.45, 2.75) is 197 Å². The summed E-state index contributed by atoms with van der Waals surface area (Å²) in [6.07, 6.45) is -23.3. The van der Waals surface area contributed by atoms with E-state index >= 15 is 4.79 Å². The van der Waals surface area contributed by atoms with Crippen LogP contribution in [0.25, 0.3) is 0 Å². The highest BCUT2D eigenvalue weighted by atomic mass is 16.8. The number of aliphatic carboxylic acids is 1. The number of esters is 1. The third-order valence-corrected chi connectivity index (χ3v) is 19.8. The predicted molar refractivity (Wildman–Crippen MR) is 233 cm³/mol. The van der Waals surface area contributed by atoms with Gasteiger partial charge in [-0.3, -0.25) is 9.59 Å². The van der Waals surface area contributed by atoms with E-state index in [9.17, 15) is 71.2 Å². The van der Waals surface area contributed by atoms with Gasteiger partial charge < -0.3 is 94.8 Å². The summed E-state index contributed by atoms with van der Waals surface area (Å²) in [5.41, 5.74) is -3.80. The number of hydrogen-bond donors (Lipinski definition) is 13. The van der Waals surface area contributed by atoms with Crippen LogP contribution >= 0.6 is 0 Å². The summed E-state index contributed by atoms with van der Waals surface area (Å²) in [6, 6.07) is 0. The van der Waals surface area contributed by atoms with E-state index in [1.807, 2.05) is 0 Å². The van der Waals surface area contributed by atoms with Gasteiger partial charge in [-0.05, 0) is 123 Å². The van der Waals surface area contributed by atoms with Gasteiger partial charge in [0, 0.05) is 0 Å². The first kappa shape index (κ1) is 53.3. The Morgan fingerprint density at radius 1 is 0.681 bits per heavy atom. The van der Waals surface area contributed by atoms with Crippen LogP contribution < -0.4 is 0 Å². The second-order valence-corrected chi connectivity index (χ2v) is 22.8. The molecule has 3 heterocycles. The van der Waals surface area contributed by atoms with Crippen LogP contribution in [0.3, 0.4) is 0 Å². The first-order chi connectivity index (χ1) is 32.3. The van der Waals surface area contributed by atoms with Gasteiger partial charge in [0.15, 0.2) is 12.6 Å². The Kier molecular flexibility index (Phi) is 14.7. The quantitative estimate of drug-likeness (QED) is 0.0789. The van der Waals surface area contributed by atoms with Crippen molar-refractivity contribution in [2.24, 2.45) is 56.7 Å². The Balaban J connectivity index is 0.992. The fraction of sp³-hybridized carbons (Fsp3) is 0.917. The molecule has 0 aromatic carbocycles. The fourth-order valence-electron chi connectivity index (χ4n) is 15.8. The van der Waals surface area contributed by atoms with Crippen molar-refractivity contribution in [1.82, 2.24) is 0 Å². The highest BCUT2D eigenvalue weighted by Gasteiger charge is 2.75. The number of fused-ring (bicyclic) bond motifs is 7. The Bertz CT molecular complexity index is 1910. The number of carbonyl (C=O) groups excluding carboxylic acids is 1. The van der Waals surface area contributed by atoms with Gasteiger partial charge in [-0.1, -0.05) is 27.4 Å². The number of carboxylic acids is 1. The predicted octanol–water partition coefficient (Wildman–Crippen LogP) is -1.97. The maximum absolute atomic E-state index is 15.0. The molecule has 0 aromatic rings. The summed E-state index contributed by atoms with van der Waals surface area (Å²) in [7, 11) is 0. The molecule has 21 heteroatoms. The zero-order valence-electron chi connectivity index (χ0n) is 40.0. The van der Waals surface area contributed by atoms with Crippen molar-refractivity contribution < 1.29 is 104 Å². The zero-order chi connectivity index (χ0) is 50.7. The molecule has 5 aliphatic carbocycles. The van der Waals surface area contributed by atoms with Gasteiger partial charge in [-0.15, -0.1) is 0 Å². The number of aliphatic hydroxyl groups is 12. The summed E-state index contributed by atoms with van der Waals surface area (Å²) in [5.74, 6) is -3.73. The maximum atomic E-state index is 15.0. The average Bonchev–Trinajstić information content (AvgIpc) is 3.72. The maximum Gasteiger partial charge on any atom is 0.314 e. The summed E-state index contributed by atoms with van der Waals surface area (Å²) < 4.78 is 34.5. The molecule has 3 aliphatic heterocycles. The fourth-order valence-corrected chi connectivity index (χ4v) is 15.8. The minimum atomic E-state index is -1.94. The van der Waals surface area contributed by atoms with E-state index in [0.29, 0.717) is 50.5 Å². The summed E-state index contributed by atoms with van der Waals surface area (Å²) in [5, 5.41) is 141. The van der Waals surface area contributed by atoms with Gasteiger partial charge in [0.25, 0.3) is 0 Å². The van der Waals surface area contributed by atoms with E-state index in [2.05, 4.69) is 27.4 Å². The molecule has 13 N–H and O–H groups in total. The molecular weight excluding hydrogens is 913 g/mol. The molecule has 3 saturated heterocycles. The monoisotopic (exact) mass is 988 g/mol. The van der Waals surface area contributed by atoms with Gasteiger partial charge in [-0.2, -0.15) is 0 Å². The van der Waals surface area contributed by atoms with Crippen molar-refractivity contribution in [3.05, 3.63) is 12.2 Å². The van der Waals surface area contributed by atoms with E-state index in [4.69, 9.17) is 28.4 Å². The average molecular weight is 989 g/mol. The zero-order valence-corrected chi connectivity index (χ0v) is 40.0. The van der Waals surface area contributed by atoms with Crippen molar-refractivity contribution in [1.29, 1.82) is 0 Å². The lowest BCUT2D eigenvalue weighted by Crippen LogP contribution is -2.71. The highest BCUT2D eigenvalue weighted by molar-refractivity contribution is 5.79. The van der Waals surface area contributed by atoms with E-state index in [1.54, 1.807) is 6.92 Å². The third-order valence-electron chi connectivity index (χ3n) is 19.8. The number of rotatable bonds is 11. The van der Waals surface area contributed by atoms with E-state index < -0.39 is 168 Å². The number of carbonyl (C=O) groups is 2. The van der Waals surface area contributed by atoms with Crippen molar-refractivity contribution in [3.63, 3.8) is 0 Å². The van der Waals surface area contributed by atoms with Gasteiger partial charge in [-0.25, -0.2) is 0 Å². The minimum Gasteiger partial charge on any atom is -0.481 e. The number of hydrogen-bond acceptors (Lipinski definition) is 20. The van der Waals surface area contributed by atoms with E-state index in [0.717, 1.165) is 0 Å². The minimum absolute atomic E-state index is 0.268. The lowest BCUT2D eigenvalue weighted by atomic mass is 9.31. The van der Waals surface area contributed by atoms with Crippen molar-refractivity contribution >= 4 is 11.9 Å².